The van der Waals surface area contributed by atoms with Gasteiger partial charge in [-0.2, -0.15) is 13.2 Å². The molecule has 0 radical (unpaired) electrons. The highest BCUT2D eigenvalue weighted by Gasteiger charge is 2.38. The summed E-state index contributed by atoms with van der Waals surface area (Å²) >= 11 is 6.02. The fourth-order valence-corrected chi connectivity index (χ4v) is 4.37. The maximum atomic E-state index is 12.8. The first-order chi connectivity index (χ1) is 16.5. The zero-order valence-corrected chi connectivity index (χ0v) is 19.9. The Balaban J connectivity index is 0.000000429. The number of amides is 1. The number of ether oxygens (including phenoxy) is 1. The van der Waals surface area contributed by atoms with Gasteiger partial charge in [0.05, 0.1) is 12.7 Å². The summed E-state index contributed by atoms with van der Waals surface area (Å²) in [6.45, 7) is 4.37. The van der Waals surface area contributed by atoms with Crippen molar-refractivity contribution in [3.8, 4) is 0 Å². The van der Waals surface area contributed by atoms with E-state index in [1.54, 1.807) is 6.20 Å². The smallest absolute Gasteiger partial charge is 0.475 e. The molecule has 2 aromatic rings. The number of rotatable bonds is 4. The molecule has 3 atom stereocenters. The predicted octanol–water partition coefficient (Wildman–Crippen LogP) is 4.20. The van der Waals surface area contributed by atoms with Gasteiger partial charge < -0.3 is 9.84 Å². The number of aromatic nitrogens is 1. The third-order valence-electron chi connectivity index (χ3n) is 5.93. The molecular weight excluding hydrogens is 487 g/mol. The molecule has 3 heterocycles. The summed E-state index contributed by atoms with van der Waals surface area (Å²) in [6, 6.07) is 14.2. The van der Waals surface area contributed by atoms with Gasteiger partial charge in [0.2, 0.25) is 5.91 Å². The lowest BCUT2D eigenvalue weighted by atomic mass is 9.96. The van der Waals surface area contributed by atoms with E-state index in [1.807, 2.05) is 35.2 Å². The fraction of sp³-hybridized carbons (Fsp3) is 0.458. The number of hydrogen-bond acceptors (Lipinski definition) is 5. The molecule has 1 N–H and O–H groups in total. The number of carbonyl (C=O) groups is 2. The minimum atomic E-state index is -5.08. The van der Waals surface area contributed by atoms with Gasteiger partial charge in [-0.3, -0.25) is 14.6 Å². The van der Waals surface area contributed by atoms with Crippen molar-refractivity contribution in [3.63, 3.8) is 0 Å². The molecule has 2 aliphatic rings. The number of aliphatic carboxylic acids is 1. The van der Waals surface area contributed by atoms with Crippen LogP contribution in [0.5, 0.6) is 0 Å². The number of pyridine rings is 1. The van der Waals surface area contributed by atoms with E-state index in [1.165, 1.54) is 5.56 Å². The predicted molar refractivity (Wildman–Crippen MR) is 124 cm³/mol. The molecule has 7 nitrogen and oxygen atoms in total. The molecule has 0 saturated carbocycles. The zero-order chi connectivity index (χ0) is 25.6. The Bertz CT molecular complexity index is 992. The standard InChI is InChI=1S/C22H26ClN3O2.C2HF3O2/c1-16-14-26(20(15-28-16)12-17-5-7-18(23)8-6-17)19-9-11-25(22(27)13-19)21-4-2-3-10-24-21;3-2(4,5)1(6)7/h2-8,10,16,19-20H,9,11-15H2,1H3;(H,6,7)/t16-,19?,20-;/m0./s1. The highest BCUT2D eigenvalue weighted by atomic mass is 35.5. The van der Waals surface area contributed by atoms with Crippen LogP contribution in [0.1, 0.15) is 25.3 Å². The van der Waals surface area contributed by atoms with Gasteiger partial charge in [0, 0.05) is 42.8 Å². The molecule has 4 rings (SSSR count). The first-order valence-corrected chi connectivity index (χ1v) is 11.6. The summed E-state index contributed by atoms with van der Waals surface area (Å²) in [4.78, 5) is 30.4. The van der Waals surface area contributed by atoms with Gasteiger partial charge in [-0.1, -0.05) is 29.8 Å². The Morgan fingerprint density at radius 3 is 2.49 bits per heavy atom. The highest BCUT2D eigenvalue weighted by Crippen LogP contribution is 2.27. The number of piperidine rings is 1. The minimum Gasteiger partial charge on any atom is -0.475 e. The molecule has 0 bridgehead atoms. The molecule has 0 spiro atoms. The highest BCUT2D eigenvalue weighted by molar-refractivity contribution is 6.30. The molecule has 0 aliphatic carbocycles. The number of morpholine rings is 1. The van der Waals surface area contributed by atoms with Crippen LogP contribution >= 0.6 is 11.6 Å². The fourth-order valence-electron chi connectivity index (χ4n) is 4.24. The van der Waals surface area contributed by atoms with Crippen LogP contribution in [0.15, 0.2) is 48.7 Å². The van der Waals surface area contributed by atoms with E-state index in [-0.39, 0.29) is 24.1 Å². The van der Waals surface area contributed by atoms with E-state index in [4.69, 9.17) is 26.2 Å². The summed E-state index contributed by atoms with van der Waals surface area (Å²) in [6.07, 6.45) is -0.781. The summed E-state index contributed by atoms with van der Waals surface area (Å²) in [5.41, 5.74) is 1.25. The summed E-state index contributed by atoms with van der Waals surface area (Å²) < 4.78 is 37.7. The molecule has 35 heavy (non-hydrogen) atoms. The Morgan fingerprint density at radius 1 is 1.23 bits per heavy atom. The van der Waals surface area contributed by atoms with Crippen molar-refractivity contribution in [3.05, 3.63) is 59.2 Å². The number of hydrogen-bond donors (Lipinski definition) is 1. The Labute approximate surface area is 206 Å². The average Bonchev–Trinajstić information content (AvgIpc) is 2.82. The van der Waals surface area contributed by atoms with Gasteiger partial charge in [-0.05, 0) is 49.6 Å². The molecule has 1 amide bonds. The summed E-state index contributed by atoms with van der Waals surface area (Å²) in [5.74, 6) is -1.86. The third-order valence-corrected chi connectivity index (χ3v) is 6.18. The van der Waals surface area contributed by atoms with Crippen LogP contribution in [0.3, 0.4) is 0 Å². The Hall–Kier alpha value is -2.69. The molecule has 1 aromatic carbocycles. The van der Waals surface area contributed by atoms with Crippen LogP contribution in [-0.4, -0.2) is 70.9 Å². The van der Waals surface area contributed by atoms with E-state index in [9.17, 15) is 18.0 Å². The van der Waals surface area contributed by atoms with Gasteiger partial charge in [0.25, 0.3) is 0 Å². The van der Waals surface area contributed by atoms with Crippen molar-refractivity contribution < 1.29 is 32.6 Å². The van der Waals surface area contributed by atoms with Gasteiger partial charge >= 0.3 is 12.1 Å². The lowest BCUT2D eigenvalue weighted by Crippen LogP contribution is -2.57. The van der Waals surface area contributed by atoms with E-state index in [2.05, 4.69) is 28.9 Å². The van der Waals surface area contributed by atoms with Gasteiger partial charge in [-0.25, -0.2) is 9.78 Å². The lowest BCUT2D eigenvalue weighted by molar-refractivity contribution is -0.192. The maximum absolute atomic E-state index is 12.8. The Kier molecular flexibility index (Phi) is 9.09. The van der Waals surface area contributed by atoms with E-state index >= 15 is 0 Å². The number of nitrogens with zero attached hydrogens (tertiary/aromatic N) is 3. The summed E-state index contributed by atoms with van der Waals surface area (Å²) in [5, 5.41) is 7.88. The molecule has 1 unspecified atom stereocenters. The molecule has 1 aromatic heterocycles. The summed E-state index contributed by atoms with van der Waals surface area (Å²) in [7, 11) is 0. The van der Waals surface area contributed by atoms with Crippen LogP contribution in [0.4, 0.5) is 19.0 Å². The van der Waals surface area contributed by atoms with Crippen LogP contribution in [0.2, 0.25) is 5.02 Å². The molecule has 2 saturated heterocycles. The second-order valence-electron chi connectivity index (χ2n) is 8.51. The average molecular weight is 514 g/mol. The van der Waals surface area contributed by atoms with Gasteiger partial charge in [-0.15, -0.1) is 0 Å². The number of carbonyl (C=O) groups excluding carboxylic acids is 1. The second kappa shape index (κ2) is 11.8. The topological polar surface area (TPSA) is 83.0 Å². The number of carboxylic acids is 1. The van der Waals surface area contributed by atoms with Crippen molar-refractivity contribution in [2.24, 2.45) is 0 Å². The Morgan fingerprint density at radius 2 is 1.91 bits per heavy atom. The van der Waals surface area contributed by atoms with E-state index < -0.39 is 12.1 Å². The zero-order valence-electron chi connectivity index (χ0n) is 19.1. The molecule has 190 valence electrons. The van der Waals surface area contributed by atoms with Crippen molar-refractivity contribution in [2.45, 2.75) is 50.6 Å². The first-order valence-electron chi connectivity index (χ1n) is 11.2. The van der Waals surface area contributed by atoms with Gasteiger partial charge in [0.1, 0.15) is 5.82 Å². The van der Waals surface area contributed by atoms with E-state index in [0.29, 0.717) is 19.6 Å². The number of alkyl halides is 3. The van der Waals surface area contributed by atoms with Crippen molar-refractivity contribution in [2.75, 3.05) is 24.6 Å². The van der Waals surface area contributed by atoms with E-state index in [0.717, 1.165) is 30.2 Å². The normalized spacial score (nSPS) is 23.4. The van der Waals surface area contributed by atoms with Crippen LogP contribution in [0.25, 0.3) is 0 Å². The monoisotopic (exact) mass is 513 g/mol. The number of carboxylic acid groups (broad SMARTS) is 1. The van der Waals surface area contributed by atoms with Crippen LogP contribution in [0, 0.1) is 0 Å². The number of benzene rings is 1. The first kappa shape index (κ1) is 26.9. The third kappa shape index (κ3) is 7.65. The van der Waals surface area contributed by atoms with Crippen LogP contribution in [-0.2, 0) is 20.7 Å². The molecule has 11 heteroatoms. The number of halogens is 4. The molecular formula is C24H27ClF3N3O4. The number of anilines is 1. The molecule has 2 fully saturated rings. The van der Waals surface area contributed by atoms with Crippen molar-refractivity contribution in [1.29, 1.82) is 0 Å². The maximum Gasteiger partial charge on any atom is 0.490 e. The quantitative estimate of drug-likeness (QED) is 0.660. The van der Waals surface area contributed by atoms with Crippen LogP contribution < -0.4 is 4.90 Å². The molecule has 2 aliphatic heterocycles. The SMILES string of the molecule is C[C@H]1CN(C2CCN(c3ccccn3)C(=O)C2)[C@@H](Cc2ccc(Cl)cc2)CO1.O=C(O)C(F)(F)F. The second-order valence-corrected chi connectivity index (χ2v) is 8.94. The van der Waals surface area contributed by atoms with Gasteiger partial charge in [0.15, 0.2) is 0 Å². The lowest BCUT2D eigenvalue weighted by Gasteiger charge is -2.45. The van der Waals surface area contributed by atoms with Crippen molar-refractivity contribution >= 4 is 29.3 Å². The van der Waals surface area contributed by atoms with Crippen molar-refractivity contribution in [1.82, 2.24) is 9.88 Å². The largest absolute Gasteiger partial charge is 0.490 e. The minimum absolute atomic E-state index is 0.152.